The summed E-state index contributed by atoms with van der Waals surface area (Å²) in [5, 5.41) is 3.03. The van der Waals surface area contributed by atoms with E-state index >= 15 is 0 Å². The molecule has 30 heavy (non-hydrogen) atoms. The van der Waals surface area contributed by atoms with Crippen molar-refractivity contribution in [2.75, 3.05) is 13.6 Å². The maximum atomic E-state index is 13.1. The lowest BCUT2D eigenvalue weighted by Gasteiger charge is -2.25. The first-order valence-corrected chi connectivity index (χ1v) is 10.8. The second-order valence-electron chi connectivity index (χ2n) is 8.38. The van der Waals surface area contributed by atoms with Crippen LogP contribution in [0.4, 0.5) is 0 Å². The third-order valence-electron chi connectivity index (χ3n) is 6.22. The van der Waals surface area contributed by atoms with Crippen LogP contribution < -0.4 is 16.2 Å². The largest absolute Gasteiger partial charge is 0.352 e. The molecule has 2 fully saturated rings. The highest BCUT2D eigenvalue weighted by Crippen LogP contribution is 2.28. The fourth-order valence-corrected chi connectivity index (χ4v) is 4.11. The van der Waals surface area contributed by atoms with Crippen LogP contribution in [0.25, 0.3) is 0 Å². The summed E-state index contributed by atoms with van der Waals surface area (Å²) in [4.78, 5) is 26.9. The van der Waals surface area contributed by atoms with Gasteiger partial charge in [-0.15, -0.1) is 0 Å². The molecule has 0 spiro atoms. The van der Waals surface area contributed by atoms with Gasteiger partial charge in [-0.1, -0.05) is 61.0 Å². The molecule has 4 rings (SSSR count). The van der Waals surface area contributed by atoms with Gasteiger partial charge in [-0.2, -0.15) is 0 Å². The van der Waals surface area contributed by atoms with Gasteiger partial charge in [0.05, 0.1) is 12.0 Å². The molecule has 2 unspecified atom stereocenters. The first kappa shape index (κ1) is 20.6. The molecule has 2 aromatic carbocycles. The number of amides is 2. The molecule has 1 aliphatic carbocycles. The van der Waals surface area contributed by atoms with E-state index in [0.717, 1.165) is 36.0 Å². The Labute approximate surface area is 178 Å². The van der Waals surface area contributed by atoms with Gasteiger partial charge in [-0.05, 0) is 29.5 Å². The first-order valence-electron chi connectivity index (χ1n) is 10.8. The number of hydrogen-bond acceptors (Lipinski definition) is 4. The summed E-state index contributed by atoms with van der Waals surface area (Å²) in [6.45, 7) is 1.75. The highest BCUT2D eigenvalue weighted by atomic mass is 16.2. The van der Waals surface area contributed by atoms with E-state index < -0.39 is 0 Å². The van der Waals surface area contributed by atoms with E-state index in [-0.39, 0.29) is 29.7 Å². The minimum atomic E-state index is -0.164. The molecule has 3 N–H and O–H groups in total. The van der Waals surface area contributed by atoms with Crippen molar-refractivity contribution in [3.8, 4) is 0 Å². The van der Waals surface area contributed by atoms with Crippen molar-refractivity contribution in [2.24, 2.45) is 11.8 Å². The SMILES string of the molecule is CN(Cc1ccccc1)C(=O)C1CNNC1c1ccc(CNC(=O)C2CCC2)cc1. The fourth-order valence-electron chi connectivity index (χ4n) is 4.11. The molecular weight excluding hydrogens is 376 g/mol. The number of hydrazine groups is 1. The number of hydrogen-bond donors (Lipinski definition) is 3. The average molecular weight is 407 g/mol. The summed E-state index contributed by atoms with van der Waals surface area (Å²) in [5.74, 6) is 0.331. The van der Waals surface area contributed by atoms with Crippen molar-refractivity contribution in [2.45, 2.75) is 38.4 Å². The summed E-state index contributed by atoms with van der Waals surface area (Å²) >= 11 is 0. The van der Waals surface area contributed by atoms with Crippen LogP contribution in [0.1, 0.15) is 42.0 Å². The molecule has 6 nitrogen and oxygen atoms in total. The number of rotatable bonds is 7. The summed E-state index contributed by atoms with van der Waals surface area (Å²) in [7, 11) is 1.86. The van der Waals surface area contributed by atoms with Gasteiger partial charge in [0.15, 0.2) is 0 Å². The predicted octanol–water partition coefficient (Wildman–Crippen LogP) is 2.53. The van der Waals surface area contributed by atoms with Crippen LogP contribution in [0, 0.1) is 11.8 Å². The summed E-state index contributed by atoms with van der Waals surface area (Å²) in [6, 6.07) is 18.1. The number of carbonyl (C=O) groups is 2. The zero-order chi connectivity index (χ0) is 20.9. The molecule has 6 heteroatoms. The highest BCUT2D eigenvalue weighted by Gasteiger charge is 2.35. The number of nitrogens with zero attached hydrogens (tertiary/aromatic N) is 1. The van der Waals surface area contributed by atoms with E-state index in [4.69, 9.17) is 0 Å². The number of nitrogens with one attached hydrogen (secondary N) is 3. The van der Waals surface area contributed by atoms with Crippen LogP contribution >= 0.6 is 0 Å². The lowest BCUT2D eigenvalue weighted by molar-refractivity contribution is -0.134. The van der Waals surface area contributed by atoms with Crippen molar-refractivity contribution in [3.63, 3.8) is 0 Å². The quantitative estimate of drug-likeness (QED) is 0.661. The normalized spacial score (nSPS) is 21.1. The third-order valence-corrected chi connectivity index (χ3v) is 6.22. The van der Waals surface area contributed by atoms with E-state index in [1.807, 2.05) is 61.6 Å². The Bertz CT molecular complexity index is 865. The minimum absolute atomic E-state index is 0.0747. The lowest BCUT2D eigenvalue weighted by Crippen LogP contribution is -2.36. The van der Waals surface area contributed by atoms with Gasteiger partial charge in [-0.3, -0.25) is 15.0 Å². The molecule has 0 aromatic heterocycles. The van der Waals surface area contributed by atoms with Crippen LogP contribution in [0.15, 0.2) is 54.6 Å². The van der Waals surface area contributed by atoms with E-state index in [9.17, 15) is 9.59 Å². The van der Waals surface area contributed by atoms with E-state index in [1.54, 1.807) is 4.90 Å². The standard InChI is InChI=1S/C24H30N4O2/c1-28(16-18-6-3-2-4-7-18)24(30)21-15-26-27-22(21)19-12-10-17(11-13-19)14-25-23(29)20-8-5-9-20/h2-4,6-7,10-13,20-22,26-27H,5,8-9,14-16H2,1H3,(H,25,29). The highest BCUT2D eigenvalue weighted by molar-refractivity contribution is 5.80. The molecule has 1 saturated carbocycles. The second kappa shape index (κ2) is 9.41. The van der Waals surface area contributed by atoms with Crippen LogP contribution in [0.2, 0.25) is 0 Å². The monoisotopic (exact) mass is 406 g/mol. The molecule has 2 aliphatic rings. The fraction of sp³-hybridized carbons (Fsp3) is 0.417. The van der Waals surface area contributed by atoms with Crippen LogP contribution in [-0.2, 0) is 22.7 Å². The Balaban J connectivity index is 1.35. The summed E-state index contributed by atoms with van der Waals surface area (Å²) in [6.07, 6.45) is 3.19. The molecule has 2 amide bonds. The van der Waals surface area contributed by atoms with Crippen molar-refractivity contribution in [1.29, 1.82) is 0 Å². The Morgan fingerprint density at radius 2 is 1.77 bits per heavy atom. The molecule has 2 aromatic rings. The maximum absolute atomic E-state index is 13.1. The predicted molar refractivity (Wildman–Crippen MR) is 116 cm³/mol. The number of carbonyl (C=O) groups excluding carboxylic acids is 2. The zero-order valence-corrected chi connectivity index (χ0v) is 17.4. The van der Waals surface area contributed by atoms with Gasteiger partial charge in [0.2, 0.25) is 11.8 Å². The second-order valence-corrected chi connectivity index (χ2v) is 8.38. The lowest BCUT2D eigenvalue weighted by atomic mass is 9.85. The van der Waals surface area contributed by atoms with Gasteiger partial charge < -0.3 is 10.2 Å². The molecule has 158 valence electrons. The Kier molecular flexibility index (Phi) is 6.45. The van der Waals surface area contributed by atoms with E-state index in [2.05, 4.69) is 16.2 Å². The Hall–Kier alpha value is -2.70. The first-order chi connectivity index (χ1) is 14.6. The topological polar surface area (TPSA) is 73.5 Å². The Morgan fingerprint density at radius 3 is 2.43 bits per heavy atom. The smallest absolute Gasteiger partial charge is 0.229 e. The number of benzene rings is 2. The molecule has 2 atom stereocenters. The van der Waals surface area contributed by atoms with E-state index in [0.29, 0.717) is 19.6 Å². The van der Waals surface area contributed by atoms with Crippen molar-refractivity contribution in [1.82, 2.24) is 21.1 Å². The summed E-state index contributed by atoms with van der Waals surface area (Å²) < 4.78 is 0. The summed E-state index contributed by atoms with van der Waals surface area (Å²) in [5.41, 5.74) is 9.66. The molecular formula is C24H30N4O2. The Morgan fingerprint density at radius 1 is 1.03 bits per heavy atom. The third kappa shape index (κ3) is 4.71. The maximum Gasteiger partial charge on any atom is 0.229 e. The van der Waals surface area contributed by atoms with Crippen LogP contribution in [0.5, 0.6) is 0 Å². The van der Waals surface area contributed by atoms with Gasteiger partial charge >= 0.3 is 0 Å². The van der Waals surface area contributed by atoms with Crippen LogP contribution in [-0.4, -0.2) is 30.3 Å². The van der Waals surface area contributed by atoms with Crippen molar-refractivity contribution >= 4 is 11.8 Å². The molecule has 0 bridgehead atoms. The van der Waals surface area contributed by atoms with Gasteiger partial charge in [0, 0.05) is 32.6 Å². The molecule has 1 saturated heterocycles. The molecule has 0 radical (unpaired) electrons. The average Bonchev–Trinajstić information content (AvgIpc) is 3.21. The van der Waals surface area contributed by atoms with E-state index in [1.165, 1.54) is 0 Å². The minimum Gasteiger partial charge on any atom is -0.352 e. The van der Waals surface area contributed by atoms with Crippen LogP contribution in [0.3, 0.4) is 0 Å². The molecule has 1 aliphatic heterocycles. The van der Waals surface area contributed by atoms with Gasteiger partial charge in [0.1, 0.15) is 0 Å². The molecule has 1 heterocycles. The van der Waals surface area contributed by atoms with Crippen molar-refractivity contribution in [3.05, 3.63) is 71.3 Å². The van der Waals surface area contributed by atoms with Gasteiger partial charge in [0.25, 0.3) is 0 Å². The van der Waals surface area contributed by atoms with Crippen molar-refractivity contribution < 1.29 is 9.59 Å². The van der Waals surface area contributed by atoms with Gasteiger partial charge in [-0.25, -0.2) is 5.43 Å². The zero-order valence-electron chi connectivity index (χ0n) is 17.4.